The van der Waals surface area contributed by atoms with Gasteiger partial charge in [-0.3, -0.25) is 24.1 Å². The van der Waals surface area contributed by atoms with Crippen molar-refractivity contribution in [2.75, 3.05) is 43.1 Å². The van der Waals surface area contributed by atoms with Crippen molar-refractivity contribution in [3.05, 3.63) is 131 Å². The molecule has 9 nitrogen and oxygen atoms in total. The summed E-state index contributed by atoms with van der Waals surface area (Å²) in [5.41, 5.74) is 4.60. The highest BCUT2D eigenvalue weighted by atomic mass is 16.5. The molecule has 8 rings (SSSR count). The van der Waals surface area contributed by atoms with E-state index in [-0.39, 0.29) is 18.4 Å². The maximum atomic E-state index is 15.0. The van der Waals surface area contributed by atoms with Gasteiger partial charge >= 0.3 is 0 Å². The summed E-state index contributed by atoms with van der Waals surface area (Å²) >= 11 is 0. The van der Waals surface area contributed by atoms with Crippen molar-refractivity contribution in [3.8, 4) is 0 Å². The fourth-order valence-electron chi connectivity index (χ4n) is 8.64. The van der Waals surface area contributed by atoms with E-state index in [4.69, 9.17) is 4.74 Å². The van der Waals surface area contributed by atoms with E-state index in [2.05, 4.69) is 34.5 Å². The van der Waals surface area contributed by atoms with Crippen molar-refractivity contribution in [1.29, 1.82) is 0 Å². The Morgan fingerprint density at radius 3 is 2.04 bits per heavy atom. The molecule has 0 spiro atoms. The number of benzene rings is 4. The second-order valence-electron chi connectivity index (χ2n) is 14.3. The van der Waals surface area contributed by atoms with E-state index in [1.165, 1.54) is 11.1 Å². The molecule has 4 aromatic carbocycles. The van der Waals surface area contributed by atoms with E-state index < -0.39 is 29.8 Å². The number of ether oxygens (including phenoxy) is 1. The summed E-state index contributed by atoms with van der Waals surface area (Å²) in [6.45, 7) is 2.70. The Kier molecular flexibility index (Phi) is 8.90. The summed E-state index contributed by atoms with van der Waals surface area (Å²) in [4.78, 5) is 61.6. The normalized spacial score (nSPS) is 22.5. The second kappa shape index (κ2) is 13.8. The van der Waals surface area contributed by atoms with Gasteiger partial charge in [-0.2, -0.15) is 0 Å². The van der Waals surface area contributed by atoms with Crippen molar-refractivity contribution in [3.63, 3.8) is 0 Å². The summed E-state index contributed by atoms with van der Waals surface area (Å²) in [6.07, 6.45) is 3.49. The van der Waals surface area contributed by atoms with Crippen LogP contribution in [0.25, 0.3) is 0 Å². The molecule has 4 aliphatic rings. The minimum absolute atomic E-state index is 0.167. The molecular weight excluding hydrogens is 640 g/mol. The van der Waals surface area contributed by atoms with E-state index >= 15 is 0 Å². The topological polar surface area (TPSA) is 99.3 Å². The van der Waals surface area contributed by atoms with Crippen LogP contribution in [0.3, 0.4) is 0 Å². The number of imide groups is 1. The fraction of sp³-hybridized carbons (Fsp3) is 0.333. The third kappa shape index (κ3) is 6.31. The standard InChI is InChI=1S/C42H42N4O5/c47-38(28-45-39(48)36-12-6-7-13-37(36)40(45)49)46(27-29-8-2-1-3-9-29)42(19-18-32-24-30-10-4-5-11-31(30)25-33(32)26-42)41(50)43-34-14-16-35(17-15-34)44-20-22-51-23-21-44/h1-17,32-33H,18-28H2,(H,43,50)/t32-,33+,42?/m1/s1. The maximum absolute atomic E-state index is 15.0. The molecule has 2 aliphatic carbocycles. The fourth-order valence-corrected chi connectivity index (χ4v) is 8.64. The smallest absolute Gasteiger partial charge is 0.262 e. The van der Waals surface area contributed by atoms with Crippen LogP contribution in [0.5, 0.6) is 0 Å². The van der Waals surface area contributed by atoms with Crippen molar-refractivity contribution in [1.82, 2.24) is 9.80 Å². The van der Waals surface area contributed by atoms with Crippen LogP contribution in [-0.2, 0) is 33.7 Å². The zero-order valence-corrected chi connectivity index (χ0v) is 28.6. The van der Waals surface area contributed by atoms with Gasteiger partial charge in [-0.05, 0) is 97.0 Å². The average Bonchev–Trinajstić information content (AvgIpc) is 3.41. The van der Waals surface area contributed by atoms with Gasteiger partial charge < -0.3 is 19.9 Å². The minimum Gasteiger partial charge on any atom is -0.378 e. The number of hydrogen-bond donors (Lipinski definition) is 1. The molecule has 2 heterocycles. The van der Waals surface area contributed by atoms with Gasteiger partial charge in [-0.25, -0.2) is 0 Å². The largest absolute Gasteiger partial charge is 0.378 e. The molecule has 1 N–H and O–H groups in total. The molecule has 1 unspecified atom stereocenters. The molecule has 260 valence electrons. The van der Waals surface area contributed by atoms with Crippen molar-refractivity contribution in [2.45, 2.75) is 44.2 Å². The van der Waals surface area contributed by atoms with Gasteiger partial charge in [0, 0.05) is 31.0 Å². The highest BCUT2D eigenvalue weighted by Crippen LogP contribution is 2.47. The highest BCUT2D eigenvalue weighted by Gasteiger charge is 2.53. The summed E-state index contributed by atoms with van der Waals surface area (Å²) < 4.78 is 5.52. The van der Waals surface area contributed by atoms with Crippen LogP contribution < -0.4 is 10.2 Å². The molecule has 51 heavy (non-hydrogen) atoms. The van der Waals surface area contributed by atoms with Crippen LogP contribution in [0.4, 0.5) is 11.4 Å². The zero-order chi connectivity index (χ0) is 35.0. The van der Waals surface area contributed by atoms with Gasteiger partial charge in [0.2, 0.25) is 11.8 Å². The molecule has 1 saturated carbocycles. The Bertz CT molecular complexity index is 1920. The van der Waals surface area contributed by atoms with Gasteiger partial charge in [0.05, 0.1) is 24.3 Å². The lowest BCUT2D eigenvalue weighted by atomic mass is 9.62. The monoisotopic (exact) mass is 682 g/mol. The number of nitrogens with zero attached hydrogens (tertiary/aromatic N) is 3. The molecular formula is C42H42N4O5. The first-order valence-electron chi connectivity index (χ1n) is 18.0. The van der Waals surface area contributed by atoms with Crippen LogP contribution in [0, 0.1) is 11.8 Å². The van der Waals surface area contributed by atoms with Crippen molar-refractivity contribution < 1.29 is 23.9 Å². The summed E-state index contributed by atoms with van der Waals surface area (Å²) in [7, 11) is 0. The second-order valence-corrected chi connectivity index (χ2v) is 14.3. The number of morpholine rings is 1. The number of amides is 4. The first-order chi connectivity index (χ1) is 24.9. The zero-order valence-electron chi connectivity index (χ0n) is 28.6. The molecule has 4 aromatic rings. The van der Waals surface area contributed by atoms with Gasteiger partial charge in [-0.15, -0.1) is 0 Å². The summed E-state index contributed by atoms with van der Waals surface area (Å²) in [6, 6.07) is 32.7. The first-order valence-corrected chi connectivity index (χ1v) is 18.0. The van der Waals surface area contributed by atoms with Crippen molar-refractivity contribution in [2.24, 2.45) is 11.8 Å². The predicted molar refractivity (Wildman–Crippen MR) is 194 cm³/mol. The molecule has 0 radical (unpaired) electrons. The van der Waals surface area contributed by atoms with Crippen LogP contribution >= 0.6 is 0 Å². The number of carbonyl (C=O) groups excluding carboxylic acids is 4. The Labute approximate surface area is 298 Å². The van der Waals surface area contributed by atoms with Gasteiger partial charge in [-0.1, -0.05) is 66.7 Å². The number of fused-ring (bicyclic) bond motifs is 3. The van der Waals surface area contributed by atoms with Crippen LogP contribution in [0.2, 0.25) is 0 Å². The third-order valence-electron chi connectivity index (χ3n) is 11.4. The van der Waals surface area contributed by atoms with Crippen LogP contribution in [0.1, 0.15) is 56.7 Å². The SMILES string of the molecule is O=C1c2ccccc2C(=O)N1CC(=O)N(Cc1ccccc1)C1(C(=O)Nc2ccc(N3CCOCC3)cc2)CC[C@@H]2Cc3ccccc3C[C@H]2C1. The maximum Gasteiger partial charge on any atom is 0.262 e. The molecule has 0 aromatic heterocycles. The number of hydrogen-bond acceptors (Lipinski definition) is 6. The van der Waals surface area contributed by atoms with E-state index in [9.17, 15) is 19.2 Å². The van der Waals surface area contributed by atoms with E-state index in [0.29, 0.717) is 48.8 Å². The number of nitrogens with one attached hydrogen (secondary N) is 1. The average molecular weight is 683 g/mol. The first kappa shape index (κ1) is 32.9. The molecule has 9 heteroatoms. The Morgan fingerprint density at radius 1 is 0.765 bits per heavy atom. The summed E-state index contributed by atoms with van der Waals surface area (Å²) in [5, 5.41) is 3.22. The Morgan fingerprint density at radius 2 is 1.37 bits per heavy atom. The molecule has 0 bridgehead atoms. The Hall–Kier alpha value is -5.28. The lowest BCUT2D eigenvalue weighted by molar-refractivity contribution is -0.151. The van der Waals surface area contributed by atoms with Gasteiger partial charge in [0.1, 0.15) is 12.1 Å². The number of rotatable bonds is 8. The molecule has 2 fully saturated rings. The minimum atomic E-state index is -1.22. The summed E-state index contributed by atoms with van der Waals surface area (Å²) in [5.74, 6) is -1.09. The predicted octanol–water partition coefficient (Wildman–Crippen LogP) is 5.74. The molecule has 1 saturated heterocycles. The van der Waals surface area contributed by atoms with E-state index in [1.54, 1.807) is 29.2 Å². The van der Waals surface area contributed by atoms with E-state index in [1.807, 2.05) is 54.6 Å². The number of anilines is 2. The highest BCUT2D eigenvalue weighted by molar-refractivity contribution is 6.22. The van der Waals surface area contributed by atoms with E-state index in [0.717, 1.165) is 48.5 Å². The molecule has 4 amide bonds. The van der Waals surface area contributed by atoms with Gasteiger partial charge in [0.25, 0.3) is 11.8 Å². The third-order valence-corrected chi connectivity index (χ3v) is 11.4. The lowest BCUT2D eigenvalue weighted by Crippen LogP contribution is -2.63. The number of carbonyl (C=O) groups is 4. The van der Waals surface area contributed by atoms with Crippen LogP contribution in [-0.4, -0.2) is 71.8 Å². The molecule has 3 atom stereocenters. The lowest BCUT2D eigenvalue weighted by Gasteiger charge is -2.51. The quantitative estimate of drug-likeness (QED) is 0.238. The van der Waals surface area contributed by atoms with Gasteiger partial charge in [0.15, 0.2) is 0 Å². The molecule has 2 aliphatic heterocycles. The Balaban J connectivity index is 1.14. The van der Waals surface area contributed by atoms with Crippen LogP contribution in [0.15, 0.2) is 103 Å². The van der Waals surface area contributed by atoms with Crippen molar-refractivity contribution >= 4 is 35.0 Å².